The molecule has 3 rings (SSSR count). The number of carbonyl (C=O) groups is 1. The van der Waals surface area contributed by atoms with E-state index in [2.05, 4.69) is 45.1 Å². The van der Waals surface area contributed by atoms with Crippen molar-refractivity contribution < 1.29 is 9.53 Å². The van der Waals surface area contributed by atoms with E-state index in [9.17, 15) is 4.79 Å². The second-order valence-corrected chi connectivity index (χ2v) is 11.8. The minimum atomic E-state index is -0.0672. The summed E-state index contributed by atoms with van der Waals surface area (Å²) in [5.41, 5.74) is 4.23. The first-order chi connectivity index (χ1) is 17.5. The number of hydrogen-bond donors (Lipinski definition) is 0. The summed E-state index contributed by atoms with van der Waals surface area (Å²) < 4.78 is 5.72. The maximum atomic E-state index is 12.6. The van der Waals surface area contributed by atoms with Crippen LogP contribution in [0.2, 0.25) is 0 Å². The molecule has 1 atom stereocenters. The molecule has 1 unspecified atom stereocenters. The molecule has 0 N–H and O–H groups in total. The Hall–Kier alpha value is -1.83. The van der Waals surface area contributed by atoms with E-state index in [1.54, 1.807) is 0 Å². The van der Waals surface area contributed by atoms with Crippen LogP contribution < -0.4 is 4.74 Å². The lowest BCUT2D eigenvalue weighted by atomic mass is 9.78. The van der Waals surface area contributed by atoms with E-state index in [1.165, 1.54) is 87.3 Å². The molecular formula is C34H52O2. The monoisotopic (exact) mass is 492 g/mol. The minimum Gasteiger partial charge on any atom is -0.426 e. The highest BCUT2D eigenvalue weighted by atomic mass is 16.5. The third-order valence-corrected chi connectivity index (χ3v) is 8.51. The van der Waals surface area contributed by atoms with Gasteiger partial charge in [0.1, 0.15) is 5.75 Å². The van der Waals surface area contributed by atoms with Gasteiger partial charge in [0.2, 0.25) is 0 Å². The second kappa shape index (κ2) is 16.1. The van der Waals surface area contributed by atoms with Gasteiger partial charge in [0.15, 0.2) is 0 Å². The molecule has 0 aliphatic heterocycles. The predicted molar refractivity (Wildman–Crippen MR) is 153 cm³/mol. The number of benzene rings is 1. The Morgan fingerprint density at radius 3 is 2.14 bits per heavy atom. The number of allylic oxidation sites excluding steroid dienone is 4. The van der Waals surface area contributed by atoms with Gasteiger partial charge in [-0.25, -0.2) is 0 Å². The van der Waals surface area contributed by atoms with Crippen molar-refractivity contribution in [2.45, 2.75) is 130 Å². The van der Waals surface area contributed by atoms with E-state index in [4.69, 9.17) is 4.74 Å². The fourth-order valence-electron chi connectivity index (χ4n) is 6.05. The molecule has 200 valence electrons. The average Bonchev–Trinajstić information content (AvgIpc) is 2.89. The van der Waals surface area contributed by atoms with Gasteiger partial charge in [-0.15, -0.1) is 0 Å². The molecule has 2 heteroatoms. The maximum Gasteiger partial charge on any atom is 0.314 e. The summed E-state index contributed by atoms with van der Waals surface area (Å²) in [4.78, 5) is 12.6. The van der Waals surface area contributed by atoms with Crippen molar-refractivity contribution in [2.24, 2.45) is 17.8 Å². The Labute approximate surface area is 222 Å². The molecule has 1 aromatic carbocycles. The molecular weight excluding hydrogens is 440 g/mol. The smallest absolute Gasteiger partial charge is 0.314 e. The van der Waals surface area contributed by atoms with Crippen LogP contribution in [-0.2, 0) is 11.2 Å². The third kappa shape index (κ3) is 10.7. The normalized spacial score (nSPS) is 22.1. The van der Waals surface area contributed by atoms with Crippen molar-refractivity contribution in [1.29, 1.82) is 0 Å². The molecule has 0 amide bonds. The maximum absolute atomic E-state index is 12.6. The number of rotatable bonds is 14. The molecule has 0 radical (unpaired) electrons. The van der Waals surface area contributed by atoms with Gasteiger partial charge in [-0.05, 0) is 88.3 Å². The van der Waals surface area contributed by atoms with Crippen LogP contribution in [0.1, 0.15) is 129 Å². The van der Waals surface area contributed by atoms with Gasteiger partial charge in [-0.1, -0.05) is 107 Å². The van der Waals surface area contributed by atoms with Gasteiger partial charge in [-0.3, -0.25) is 4.79 Å². The lowest BCUT2D eigenvalue weighted by molar-refractivity contribution is -0.139. The van der Waals surface area contributed by atoms with Crippen LogP contribution >= 0.6 is 0 Å². The molecule has 2 nitrogen and oxygen atoms in total. The van der Waals surface area contributed by atoms with Crippen molar-refractivity contribution in [2.75, 3.05) is 0 Å². The van der Waals surface area contributed by atoms with E-state index in [0.717, 1.165) is 50.4 Å². The zero-order valence-corrected chi connectivity index (χ0v) is 23.5. The Morgan fingerprint density at radius 1 is 0.889 bits per heavy atom. The third-order valence-electron chi connectivity index (χ3n) is 8.51. The number of ether oxygens (including phenoxy) is 1. The highest BCUT2D eigenvalue weighted by Crippen LogP contribution is 2.34. The zero-order valence-electron chi connectivity index (χ0n) is 23.5. The molecule has 0 heterocycles. The largest absolute Gasteiger partial charge is 0.426 e. The summed E-state index contributed by atoms with van der Waals surface area (Å²) in [5, 5.41) is 0. The quantitative estimate of drug-likeness (QED) is 0.112. The van der Waals surface area contributed by atoms with Crippen molar-refractivity contribution in [3.8, 4) is 5.75 Å². The number of aryl methyl sites for hydroxylation is 1. The van der Waals surface area contributed by atoms with Crippen LogP contribution in [0.3, 0.4) is 0 Å². The van der Waals surface area contributed by atoms with Crippen LogP contribution in [0.5, 0.6) is 5.75 Å². The number of carbonyl (C=O) groups excluding carboxylic acids is 1. The van der Waals surface area contributed by atoms with Gasteiger partial charge in [0.25, 0.3) is 0 Å². The Bertz CT molecular complexity index is 819. The molecule has 1 fully saturated rings. The summed E-state index contributed by atoms with van der Waals surface area (Å²) in [6.45, 7) is 6.60. The zero-order chi connectivity index (χ0) is 25.6. The van der Waals surface area contributed by atoms with Crippen molar-refractivity contribution in [3.63, 3.8) is 0 Å². The molecule has 0 saturated heterocycles. The lowest BCUT2D eigenvalue weighted by Crippen LogP contribution is -2.22. The second-order valence-electron chi connectivity index (χ2n) is 11.8. The van der Waals surface area contributed by atoms with E-state index < -0.39 is 0 Å². The highest BCUT2D eigenvalue weighted by Gasteiger charge is 2.23. The number of hydrogen-bond acceptors (Lipinski definition) is 2. The molecule has 0 spiro atoms. The SMILES string of the molecule is CCCCCC1CCC(CCCCc2ccc(OC(=O)C3CC=C(CCC=C(C)C)CC3)cc2)CC1. The standard InChI is InChI=1S/C34H52O2/c1-4-5-6-11-28-15-17-29(18-16-28)12-7-8-13-30-21-25-33(26-22-30)36-34(35)32-23-19-31(20-24-32)14-9-10-27(2)3/h10,19,21-22,25-26,28-29,32H,4-9,11-18,20,23-24H2,1-3H3. The first kappa shape index (κ1) is 28.7. The van der Waals surface area contributed by atoms with Crippen LogP contribution in [0.15, 0.2) is 47.6 Å². The summed E-state index contributed by atoms with van der Waals surface area (Å²) in [5.74, 6) is 2.62. The Kier molecular flexibility index (Phi) is 12.9. The van der Waals surface area contributed by atoms with Gasteiger partial charge in [-0.2, -0.15) is 0 Å². The number of esters is 1. The minimum absolute atomic E-state index is 0.00304. The Morgan fingerprint density at radius 2 is 1.56 bits per heavy atom. The summed E-state index contributed by atoms with van der Waals surface area (Å²) in [6.07, 6.45) is 26.3. The van der Waals surface area contributed by atoms with Crippen LogP contribution in [0, 0.1) is 17.8 Å². The van der Waals surface area contributed by atoms with Gasteiger partial charge < -0.3 is 4.74 Å². The summed E-state index contributed by atoms with van der Waals surface area (Å²) in [6, 6.07) is 8.26. The molecule has 1 aromatic rings. The Balaban J connectivity index is 1.28. The summed E-state index contributed by atoms with van der Waals surface area (Å²) >= 11 is 0. The highest BCUT2D eigenvalue weighted by molar-refractivity contribution is 5.75. The first-order valence-electron chi connectivity index (χ1n) is 15.2. The van der Waals surface area contributed by atoms with Gasteiger partial charge in [0.05, 0.1) is 5.92 Å². The van der Waals surface area contributed by atoms with E-state index in [0.29, 0.717) is 5.75 Å². The summed E-state index contributed by atoms with van der Waals surface area (Å²) in [7, 11) is 0. The number of unbranched alkanes of at least 4 members (excludes halogenated alkanes) is 3. The van der Waals surface area contributed by atoms with Gasteiger partial charge >= 0.3 is 5.97 Å². The van der Waals surface area contributed by atoms with E-state index >= 15 is 0 Å². The van der Waals surface area contributed by atoms with Gasteiger partial charge in [0, 0.05) is 0 Å². The molecule has 2 aliphatic carbocycles. The lowest BCUT2D eigenvalue weighted by Gasteiger charge is -2.28. The van der Waals surface area contributed by atoms with Crippen LogP contribution in [0.25, 0.3) is 0 Å². The molecule has 36 heavy (non-hydrogen) atoms. The predicted octanol–water partition coefficient (Wildman–Crippen LogP) is 10.2. The molecule has 0 bridgehead atoms. The molecule has 1 saturated carbocycles. The molecule has 0 aromatic heterocycles. The first-order valence-corrected chi connectivity index (χ1v) is 15.2. The van der Waals surface area contributed by atoms with Crippen molar-refractivity contribution in [1.82, 2.24) is 0 Å². The topological polar surface area (TPSA) is 26.3 Å². The van der Waals surface area contributed by atoms with E-state index in [1.807, 2.05) is 12.1 Å². The molecule has 2 aliphatic rings. The van der Waals surface area contributed by atoms with Crippen LogP contribution in [-0.4, -0.2) is 5.97 Å². The fraction of sp³-hybridized carbons (Fsp3) is 0.676. The van der Waals surface area contributed by atoms with Crippen LogP contribution in [0.4, 0.5) is 0 Å². The van der Waals surface area contributed by atoms with Crippen molar-refractivity contribution >= 4 is 5.97 Å². The fourth-order valence-corrected chi connectivity index (χ4v) is 6.05. The average molecular weight is 493 g/mol. The van der Waals surface area contributed by atoms with E-state index in [-0.39, 0.29) is 11.9 Å². The van der Waals surface area contributed by atoms with Crippen molar-refractivity contribution in [3.05, 3.63) is 53.1 Å².